The number of aromatic nitrogens is 2. The van der Waals surface area contributed by atoms with Crippen molar-refractivity contribution in [2.75, 3.05) is 24.0 Å². The Hall–Kier alpha value is -0.920. The van der Waals surface area contributed by atoms with E-state index in [4.69, 9.17) is 10.6 Å². The van der Waals surface area contributed by atoms with E-state index in [1.54, 1.807) is 0 Å². The monoisotopic (exact) mass is 273 g/mol. The lowest BCUT2D eigenvalue weighted by molar-refractivity contribution is 0.195. The van der Waals surface area contributed by atoms with Crippen LogP contribution in [0.4, 0.5) is 11.6 Å². The minimum Gasteiger partial charge on any atom is -0.379 e. The maximum atomic E-state index is 5.30. The van der Waals surface area contributed by atoms with E-state index in [0.29, 0.717) is 18.5 Å². The molecule has 1 aliphatic heterocycles. The third-order valence-electron chi connectivity index (χ3n) is 2.20. The quantitative estimate of drug-likeness (QED) is 0.556. The van der Waals surface area contributed by atoms with E-state index in [-0.39, 0.29) is 0 Å². The number of rotatable bonds is 3. The molecule has 0 amide bonds. The van der Waals surface area contributed by atoms with Gasteiger partial charge in [0.15, 0.2) is 5.82 Å². The van der Waals surface area contributed by atoms with Crippen molar-refractivity contribution in [3.63, 3.8) is 0 Å². The van der Waals surface area contributed by atoms with E-state index in [1.165, 1.54) is 6.33 Å². The van der Waals surface area contributed by atoms with Crippen molar-refractivity contribution in [2.45, 2.75) is 12.5 Å². The molecule has 2 rings (SSSR count). The number of ether oxygens (including phenoxy) is 1. The first kappa shape index (κ1) is 10.6. The smallest absolute Gasteiger partial charge is 0.159 e. The molecule has 0 spiro atoms. The highest BCUT2D eigenvalue weighted by Gasteiger charge is 2.17. The molecule has 82 valence electrons. The van der Waals surface area contributed by atoms with Crippen LogP contribution >= 0.6 is 15.9 Å². The van der Waals surface area contributed by atoms with Crippen molar-refractivity contribution in [3.8, 4) is 0 Å². The summed E-state index contributed by atoms with van der Waals surface area (Å²) in [5, 5.41) is 3.27. The first-order valence-electron chi connectivity index (χ1n) is 4.62. The lowest BCUT2D eigenvalue weighted by atomic mass is 10.2. The molecule has 7 heteroatoms. The van der Waals surface area contributed by atoms with Crippen LogP contribution in [0, 0.1) is 0 Å². The normalized spacial score (nSPS) is 20.3. The van der Waals surface area contributed by atoms with Crippen molar-refractivity contribution in [3.05, 3.63) is 10.8 Å². The summed E-state index contributed by atoms with van der Waals surface area (Å²) < 4.78 is 6.00. The standard InChI is InChI=1S/C8H12BrN5O/c9-6-7(11-4-12-8(6)14-10)13-5-1-2-15-3-5/h4-5H,1-3,10H2,(H2,11,12,13,14). The molecule has 1 unspecified atom stereocenters. The molecular formula is C8H12BrN5O. The van der Waals surface area contributed by atoms with Crippen molar-refractivity contribution >= 4 is 27.6 Å². The van der Waals surface area contributed by atoms with E-state index in [0.717, 1.165) is 23.3 Å². The van der Waals surface area contributed by atoms with Crippen LogP contribution < -0.4 is 16.6 Å². The molecule has 15 heavy (non-hydrogen) atoms. The highest BCUT2D eigenvalue weighted by molar-refractivity contribution is 9.10. The molecule has 0 bridgehead atoms. The summed E-state index contributed by atoms with van der Waals surface area (Å²) in [6.07, 6.45) is 2.44. The summed E-state index contributed by atoms with van der Waals surface area (Å²) in [4.78, 5) is 8.10. The maximum Gasteiger partial charge on any atom is 0.159 e. The van der Waals surface area contributed by atoms with Crippen LogP contribution in [0.3, 0.4) is 0 Å². The van der Waals surface area contributed by atoms with Gasteiger partial charge in [-0.15, -0.1) is 0 Å². The van der Waals surface area contributed by atoms with Gasteiger partial charge < -0.3 is 15.5 Å². The predicted molar refractivity (Wildman–Crippen MR) is 60.4 cm³/mol. The van der Waals surface area contributed by atoms with Gasteiger partial charge in [0.05, 0.1) is 12.6 Å². The number of halogens is 1. The number of nitrogen functional groups attached to an aromatic ring is 1. The average molecular weight is 274 g/mol. The van der Waals surface area contributed by atoms with Gasteiger partial charge in [-0.25, -0.2) is 15.8 Å². The summed E-state index contributed by atoms with van der Waals surface area (Å²) in [5.74, 6) is 6.60. The van der Waals surface area contributed by atoms with Crippen LogP contribution in [0.2, 0.25) is 0 Å². The Labute approximate surface area is 95.7 Å². The molecule has 0 radical (unpaired) electrons. The zero-order valence-electron chi connectivity index (χ0n) is 8.03. The van der Waals surface area contributed by atoms with E-state index in [2.05, 4.69) is 36.6 Å². The molecule has 0 saturated carbocycles. The second-order valence-electron chi connectivity index (χ2n) is 3.23. The van der Waals surface area contributed by atoms with Gasteiger partial charge in [-0.05, 0) is 22.4 Å². The second-order valence-corrected chi connectivity index (χ2v) is 4.03. The van der Waals surface area contributed by atoms with Crippen LogP contribution in [0.1, 0.15) is 6.42 Å². The predicted octanol–water partition coefficient (Wildman–Crippen LogP) is 0.725. The molecule has 0 aromatic carbocycles. The minimum absolute atomic E-state index is 0.307. The highest BCUT2D eigenvalue weighted by atomic mass is 79.9. The lowest BCUT2D eigenvalue weighted by Gasteiger charge is -2.13. The Morgan fingerprint density at radius 1 is 1.47 bits per heavy atom. The number of nitrogens with two attached hydrogens (primary N) is 1. The zero-order chi connectivity index (χ0) is 10.7. The van der Waals surface area contributed by atoms with Gasteiger partial charge in [0, 0.05) is 6.61 Å². The maximum absolute atomic E-state index is 5.30. The fourth-order valence-electron chi connectivity index (χ4n) is 1.41. The molecule has 2 heterocycles. The van der Waals surface area contributed by atoms with Gasteiger partial charge in [-0.3, -0.25) is 0 Å². The Morgan fingerprint density at radius 3 is 2.93 bits per heavy atom. The van der Waals surface area contributed by atoms with Crippen LogP contribution in [0.5, 0.6) is 0 Å². The summed E-state index contributed by atoms with van der Waals surface area (Å²) >= 11 is 3.38. The molecule has 1 aromatic heterocycles. The van der Waals surface area contributed by atoms with E-state index in [9.17, 15) is 0 Å². The topological polar surface area (TPSA) is 85.1 Å². The van der Waals surface area contributed by atoms with Crippen LogP contribution in [0.15, 0.2) is 10.8 Å². The van der Waals surface area contributed by atoms with Gasteiger partial charge in [-0.2, -0.15) is 0 Å². The average Bonchev–Trinajstić information content (AvgIpc) is 2.74. The molecule has 1 aromatic rings. The Bertz CT molecular complexity index is 342. The number of hydrogen-bond acceptors (Lipinski definition) is 6. The van der Waals surface area contributed by atoms with Gasteiger partial charge in [0.2, 0.25) is 0 Å². The van der Waals surface area contributed by atoms with Crippen molar-refractivity contribution in [1.29, 1.82) is 0 Å². The molecule has 1 saturated heterocycles. The Balaban J connectivity index is 2.13. The number of hydrazine groups is 1. The Kier molecular flexibility index (Phi) is 3.34. The van der Waals surface area contributed by atoms with Gasteiger partial charge >= 0.3 is 0 Å². The van der Waals surface area contributed by atoms with E-state index in [1.807, 2.05) is 0 Å². The largest absolute Gasteiger partial charge is 0.379 e. The van der Waals surface area contributed by atoms with Gasteiger partial charge in [0.25, 0.3) is 0 Å². The molecule has 4 N–H and O–H groups in total. The van der Waals surface area contributed by atoms with Crippen LogP contribution in [0.25, 0.3) is 0 Å². The molecule has 6 nitrogen and oxygen atoms in total. The fraction of sp³-hybridized carbons (Fsp3) is 0.500. The number of nitrogens with one attached hydrogen (secondary N) is 2. The fourth-order valence-corrected chi connectivity index (χ4v) is 1.85. The number of nitrogens with zero attached hydrogens (tertiary/aromatic N) is 2. The van der Waals surface area contributed by atoms with Gasteiger partial charge in [0.1, 0.15) is 16.6 Å². The third kappa shape index (κ3) is 2.36. The summed E-state index contributed by atoms with van der Waals surface area (Å²) in [6.45, 7) is 1.50. The van der Waals surface area contributed by atoms with Crippen LogP contribution in [-0.2, 0) is 4.74 Å². The number of hydrogen-bond donors (Lipinski definition) is 3. The molecule has 1 atom stereocenters. The lowest BCUT2D eigenvalue weighted by Crippen LogP contribution is -2.21. The van der Waals surface area contributed by atoms with Crippen molar-refractivity contribution in [1.82, 2.24) is 9.97 Å². The first-order valence-corrected chi connectivity index (χ1v) is 5.42. The van der Waals surface area contributed by atoms with Crippen molar-refractivity contribution < 1.29 is 4.74 Å². The first-order chi connectivity index (χ1) is 7.31. The molecule has 1 fully saturated rings. The summed E-state index contributed by atoms with van der Waals surface area (Å²) in [6, 6.07) is 0.307. The SMILES string of the molecule is NNc1ncnc(NC2CCOC2)c1Br. The molecule has 0 aliphatic carbocycles. The summed E-state index contributed by atoms with van der Waals surface area (Å²) in [5.41, 5.74) is 2.49. The number of anilines is 2. The summed E-state index contributed by atoms with van der Waals surface area (Å²) in [7, 11) is 0. The van der Waals surface area contributed by atoms with E-state index >= 15 is 0 Å². The van der Waals surface area contributed by atoms with Crippen LogP contribution in [-0.4, -0.2) is 29.2 Å². The second kappa shape index (κ2) is 4.73. The van der Waals surface area contributed by atoms with Gasteiger partial charge in [-0.1, -0.05) is 0 Å². The third-order valence-corrected chi connectivity index (χ3v) is 2.95. The highest BCUT2D eigenvalue weighted by Crippen LogP contribution is 2.26. The Morgan fingerprint density at radius 2 is 2.27 bits per heavy atom. The minimum atomic E-state index is 0.307. The molecular weight excluding hydrogens is 262 g/mol. The van der Waals surface area contributed by atoms with E-state index < -0.39 is 0 Å². The van der Waals surface area contributed by atoms with Crippen molar-refractivity contribution in [2.24, 2.45) is 5.84 Å². The zero-order valence-corrected chi connectivity index (χ0v) is 9.62. The molecule has 1 aliphatic rings.